The van der Waals surface area contributed by atoms with Crippen LogP contribution in [0.2, 0.25) is 5.15 Å². The number of rotatable bonds is 2. The summed E-state index contributed by atoms with van der Waals surface area (Å²) >= 11 is 5.65. The minimum absolute atomic E-state index is 0.0989. The molecule has 6 heteroatoms. The Balaban J connectivity index is 2.83. The average Bonchev–Trinajstić information content (AvgIpc) is 2.03. The number of carbonyl (C=O) groups excluding carboxylic acids is 1. The lowest BCUT2D eigenvalue weighted by Crippen LogP contribution is -2.36. The van der Waals surface area contributed by atoms with Crippen molar-refractivity contribution in [3.05, 3.63) is 23.2 Å². The van der Waals surface area contributed by atoms with E-state index in [1.807, 2.05) is 0 Å². The Bertz CT molecular complexity index is 315. The molecule has 1 amide bonds. The SMILES string of the molecule is CN(C)NC(=O)c1nccnc1Cl. The van der Waals surface area contributed by atoms with Crippen molar-refractivity contribution in [3.63, 3.8) is 0 Å². The second kappa shape index (κ2) is 4.15. The molecule has 5 nitrogen and oxygen atoms in total. The number of aromatic nitrogens is 2. The second-order valence-electron chi connectivity index (χ2n) is 2.53. The highest BCUT2D eigenvalue weighted by molar-refractivity contribution is 6.32. The summed E-state index contributed by atoms with van der Waals surface area (Å²) in [6.07, 6.45) is 2.84. The van der Waals surface area contributed by atoms with Crippen molar-refractivity contribution in [3.8, 4) is 0 Å². The fraction of sp³-hybridized carbons (Fsp3) is 0.286. The molecule has 1 heterocycles. The summed E-state index contributed by atoms with van der Waals surface area (Å²) < 4.78 is 0. The van der Waals surface area contributed by atoms with E-state index in [4.69, 9.17) is 11.6 Å². The first-order valence-corrected chi connectivity index (χ1v) is 3.94. The number of hydrogen-bond acceptors (Lipinski definition) is 4. The lowest BCUT2D eigenvalue weighted by atomic mass is 10.4. The van der Waals surface area contributed by atoms with Crippen LogP contribution >= 0.6 is 11.6 Å². The molecule has 70 valence electrons. The molecule has 0 bridgehead atoms. The van der Waals surface area contributed by atoms with Crippen molar-refractivity contribution in [2.75, 3.05) is 14.1 Å². The third-order valence-electron chi connectivity index (χ3n) is 1.19. The summed E-state index contributed by atoms with van der Waals surface area (Å²) in [7, 11) is 3.39. The van der Waals surface area contributed by atoms with E-state index in [2.05, 4.69) is 15.4 Å². The van der Waals surface area contributed by atoms with Crippen LogP contribution in [-0.2, 0) is 0 Å². The van der Waals surface area contributed by atoms with E-state index < -0.39 is 0 Å². The highest BCUT2D eigenvalue weighted by Crippen LogP contribution is 2.07. The van der Waals surface area contributed by atoms with Gasteiger partial charge in [0.15, 0.2) is 10.8 Å². The Kier molecular flexibility index (Phi) is 3.16. The Morgan fingerprint density at radius 3 is 2.62 bits per heavy atom. The number of halogens is 1. The smallest absolute Gasteiger partial charge is 0.284 e. The van der Waals surface area contributed by atoms with Crippen LogP contribution in [-0.4, -0.2) is 35.0 Å². The molecule has 0 fully saturated rings. The molecule has 1 N–H and O–H groups in total. The van der Waals surface area contributed by atoms with Gasteiger partial charge < -0.3 is 0 Å². The van der Waals surface area contributed by atoms with E-state index in [1.54, 1.807) is 14.1 Å². The molecule has 13 heavy (non-hydrogen) atoms. The summed E-state index contributed by atoms with van der Waals surface area (Å²) in [5.41, 5.74) is 2.63. The number of nitrogens with zero attached hydrogens (tertiary/aromatic N) is 3. The quantitative estimate of drug-likeness (QED) is 0.700. The topological polar surface area (TPSA) is 58.1 Å². The Hall–Kier alpha value is -1.20. The lowest BCUT2D eigenvalue weighted by molar-refractivity contribution is 0.0851. The van der Waals surface area contributed by atoms with Crippen molar-refractivity contribution in [2.45, 2.75) is 0 Å². The molecule has 1 aromatic rings. The third-order valence-corrected chi connectivity index (χ3v) is 1.47. The van der Waals surface area contributed by atoms with Gasteiger partial charge in [0, 0.05) is 26.5 Å². The zero-order valence-corrected chi connectivity index (χ0v) is 8.04. The number of amides is 1. The van der Waals surface area contributed by atoms with Gasteiger partial charge in [-0.15, -0.1) is 0 Å². The van der Waals surface area contributed by atoms with Gasteiger partial charge in [-0.3, -0.25) is 10.2 Å². The molecule has 0 saturated carbocycles. The minimum Gasteiger partial charge on any atom is -0.284 e. The van der Waals surface area contributed by atoms with Gasteiger partial charge in [0.05, 0.1) is 0 Å². The van der Waals surface area contributed by atoms with E-state index in [-0.39, 0.29) is 16.8 Å². The van der Waals surface area contributed by atoms with Crippen molar-refractivity contribution < 1.29 is 4.79 Å². The molecule has 0 atom stereocenters. The summed E-state index contributed by atoms with van der Waals surface area (Å²) in [6, 6.07) is 0. The third kappa shape index (κ3) is 2.64. The van der Waals surface area contributed by atoms with Gasteiger partial charge in [-0.25, -0.2) is 15.0 Å². The Morgan fingerprint density at radius 1 is 1.46 bits per heavy atom. The fourth-order valence-electron chi connectivity index (χ4n) is 0.729. The second-order valence-corrected chi connectivity index (χ2v) is 2.89. The van der Waals surface area contributed by atoms with Gasteiger partial charge in [-0.2, -0.15) is 0 Å². The maximum absolute atomic E-state index is 11.3. The lowest BCUT2D eigenvalue weighted by Gasteiger charge is -2.10. The average molecular weight is 201 g/mol. The van der Waals surface area contributed by atoms with Gasteiger partial charge in [0.2, 0.25) is 0 Å². The van der Waals surface area contributed by atoms with Gasteiger partial charge in [-0.05, 0) is 0 Å². The van der Waals surface area contributed by atoms with Crippen LogP contribution in [0.5, 0.6) is 0 Å². The van der Waals surface area contributed by atoms with Crippen molar-refractivity contribution >= 4 is 17.5 Å². The molecule has 0 unspecified atom stereocenters. The maximum atomic E-state index is 11.3. The standard InChI is InChI=1S/C7H9ClN4O/c1-12(2)11-7(13)5-6(8)10-4-3-9-5/h3-4H,1-2H3,(H,11,13). The summed E-state index contributed by atoms with van der Waals surface area (Å²) in [5, 5.41) is 1.61. The minimum atomic E-state index is -0.372. The van der Waals surface area contributed by atoms with E-state index in [0.717, 1.165) is 0 Å². The van der Waals surface area contributed by atoms with E-state index in [1.165, 1.54) is 17.4 Å². The molecule has 0 aromatic carbocycles. The predicted molar refractivity (Wildman–Crippen MR) is 48.2 cm³/mol. The van der Waals surface area contributed by atoms with Gasteiger partial charge in [-0.1, -0.05) is 11.6 Å². The van der Waals surface area contributed by atoms with Crippen molar-refractivity contribution in [1.82, 2.24) is 20.4 Å². The number of hydrogen-bond donors (Lipinski definition) is 1. The molecular weight excluding hydrogens is 192 g/mol. The molecule has 0 aliphatic rings. The van der Waals surface area contributed by atoms with Crippen LogP contribution in [0.4, 0.5) is 0 Å². The van der Waals surface area contributed by atoms with E-state index >= 15 is 0 Å². The normalized spacial score (nSPS) is 10.2. The molecule has 0 spiro atoms. The summed E-state index contributed by atoms with van der Waals surface area (Å²) in [4.78, 5) is 18.9. The first kappa shape index (κ1) is 9.88. The Labute approximate surface area is 80.7 Å². The first-order valence-electron chi connectivity index (χ1n) is 3.56. The van der Waals surface area contributed by atoms with E-state index in [0.29, 0.717) is 0 Å². The van der Waals surface area contributed by atoms with Crippen LogP contribution in [0.3, 0.4) is 0 Å². The Morgan fingerprint density at radius 2 is 2.08 bits per heavy atom. The van der Waals surface area contributed by atoms with Gasteiger partial charge in [0.1, 0.15) is 0 Å². The number of nitrogens with one attached hydrogen (secondary N) is 1. The monoisotopic (exact) mass is 200 g/mol. The van der Waals surface area contributed by atoms with Crippen LogP contribution in [0.25, 0.3) is 0 Å². The van der Waals surface area contributed by atoms with Crippen LogP contribution in [0.15, 0.2) is 12.4 Å². The highest BCUT2D eigenvalue weighted by atomic mass is 35.5. The molecule has 0 aliphatic carbocycles. The molecule has 0 radical (unpaired) electrons. The number of hydrazine groups is 1. The van der Waals surface area contributed by atoms with Gasteiger partial charge >= 0.3 is 0 Å². The first-order chi connectivity index (χ1) is 6.11. The van der Waals surface area contributed by atoms with Crippen molar-refractivity contribution in [1.29, 1.82) is 0 Å². The predicted octanol–water partition coefficient (Wildman–Crippen LogP) is 0.336. The van der Waals surface area contributed by atoms with Crippen molar-refractivity contribution in [2.24, 2.45) is 0 Å². The van der Waals surface area contributed by atoms with Crippen LogP contribution in [0, 0.1) is 0 Å². The number of carbonyl (C=O) groups is 1. The molecule has 1 aromatic heterocycles. The fourth-order valence-corrected chi connectivity index (χ4v) is 0.920. The zero-order chi connectivity index (χ0) is 9.84. The highest BCUT2D eigenvalue weighted by Gasteiger charge is 2.12. The largest absolute Gasteiger partial charge is 0.287 e. The van der Waals surface area contributed by atoms with Crippen LogP contribution in [0.1, 0.15) is 10.5 Å². The molecule has 1 rings (SSSR count). The molecular formula is C7H9ClN4O. The maximum Gasteiger partial charge on any atom is 0.287 e. The molecule has 0 saturated heterocycles. The van der Waals surface area contributed by atoms with Gasteiger partial charge in [0.25, 0.3) is 5.91 Å². The zero-order valence-electron chi connectivity index (χ0n) is 7.28. The summed E-state index contributed by atoms with van der Waals surface area (Å²) in [5.74, 6) is -0.372. The van der Waals surface area contributed by atoms with Crippen LogP contribution < -0.4 is 5.43 Å². The molecule has 0 aliphatic heterocycles. The van der Waals surface area contributed by atoms with E-state index in [9.17, 15) is 4.79 Å². The summed E-state index contributed by atoms with van der Waals surface area (Å²) in [6.45, 7) is 0.